The molecule has 2 nitrogen and oxygen atoms in total. The summed E-state index contributed by atoms with van der Waals surface area (Å²) >= 11 is 3.08. The van der Waals surface area contributed by atoms with Gasteiger partial charge in [0, 0.05) is 0 Å². The maximum Gasteiger partial charge on any atom is 0.324 e. The van der Waals surface area contributed by atoms with Gasteiger partial charge in [-0.3, -0.25) is 4.79 Å². The third-order valence-corrected chi connectivity index (χ3v) is 1.21. The van der Waals surface area contributed by atoms with Gasteiger partial charge in [0.25, 0.3) is 0 Å². The predicted molar refractivity (Wildman–Crippen MR) is 43.9 cm³/mol. The highest BCUT2D eigenvalue weighted by molar-refractivity contribution is 9.10. The Morgan fingerprint density at radius 2 is 2.40 bits per heavy atom. The fourth-order valence-corrected chi connectivity index (χ4v) is 0.413. The Hall–Kier alpha value is -0.310. The second-order valence-corrected chi connectivity index (χ2v) is 3.21. The molecule has 0 N–H and O–H groups in total. The number of esters is 1. The number of hydrogen-bond donors (Lipinski definition) is 0. The summed E-state index contributed by atoms with van der Waals surface area (Å²) in [6, 6.07) is 0. The first-order valence-electron chi connectivity index (χ1n) is 3.18. The number of allylic oxidation sites excluding steroid dienone is 1. The zero-order valence-electron chi connectivity index (χ0n) is 6.13. The number of ether oxygens (including phenoxy) is 1. The molecule has 0 radical (unpaired) electrons. The highest BCUT2D eigenvalue weighted by Gasteiger charge is 2.07. The van der Waals surface area contributed by atoms with Crippen LogP contribution in [0.2, 0.25) is 0 Å². The van der Waals surface area contributed by atoms with Gasteiger partial charge in [-0.25, -0.2) is 0 Å². The smallest absolute Gasteiger partial charge is 0.324 e. The summed E-state index contributed by atoms with van der Waals surface area (Å²) in [5.41, 5.74) is 0. The monoisotopic (exact) mass is 206 g/mol. The summed E-state index contributed by atoms with van der Waals surface area (Å²) in [4.78, 5) is 10.5. The van der Waals surface area contributed by atoms with Gasteiger partial charge in [0.05, 0.1) is 6.26 Å². The molecule has 0 aliphatic carbocycles. The van der Waals surface area contributed by atoms with Crippen LogP contribution < -0.4 is 0 Å². The zero-order chi connectivity index (χ0) is 7.98. The van der Waals surface area contributed by atoms with Crippen molar-refractivity contribution in [3.8, 4) is 0 Å². The van der Waals surface area contributed by atoms with E-state index >= 15 is 0 Å². The average Bonchev–Trinajstić information content (AvgIpc) is 1.88. The molecular formula is C7H11BrO2. The van der Waals surface area contributed by atoms with Gasteiger partial charge in [0.1, 0.15) is 4.83 Å². The van der Waals surface area contributed by atoms with Crippen molar-refractivity contribution in [2.24, 2.45) is 0 Å². The molecule has 0 amide bonds. The zero-order valence-corrected chi connectivity index (χ0v) is 7.72. The van der Waals surface area contributed by atoms with Gasteiger partial charge >= 0.3 is 5.97 Å². The van der Waals surface area contributed by atoms with Crippen LogP contribution in [0.15, 0.2) is 12.3 Å². The number of carbonyl (C=O) groups is 1. The number of halogens is 1. The second kappa shape index (κ2) is 5.47. The summed E-state index contributed by atoms with van der Waals surface area (Å²) in [6.45, 7) is 3.70. The molecule has 0 aliphatic heterocycles. The normalized spacial score (nSPS) is 13.5. The topological polar surface area (TPSA) is 26.3 Å². The molecule has 3 heteroatoms. The molecule has 0 heterocycles. The quantitative estimate of drug-likeness (QED) is 0.403. The third kappa shape index (κ3) is 4.56. The molecule has 10 heavy (non-hydrogen) atoms. The van der Waals surface area contributed by atoms with Gasteiger partial charge in [-0.2, -0.15) is 0 Å². The van der Waals surface area contributed by atoms with Gasteiger partial charge in [-0.1, -0.05) is 22.9 Å². The lowest BCUT2D eigenvalue weighted by Gasteiger charge is -1.98. The van der Waals surface area contributed by atoms with Crippen LogP contribution in [0, 0.1) is 0 Å². The molecular weight excluding hydrogens is 196 g/mol. The molecule has 0 saturated heterocycles. The standard InChI is InChI=1S/C7H11BrO2/c1-3-4-5-10-7(9)6(2)8/h4-6H,3H2,1-2H3. The van der Waals surface area contributed by atoms with Crippen molar-refractivity contribution in [1.29, 1.82) is 0 Å². The number of rotatable bonds is 3. The summed E-state index contributed by atoms with van der Waals surface area (Å²) in [7, 11) is 0. The first-order valence-corrected chi connectivity index (χ1v) is 4.09. The fourth-order valence-electron chi connectivity index (χ4n) is 0.305. The van der Waals surface area contributed by atoms with E-state index in [-0.39, 0.29) is 10.8 Å². The lowest BCUT2D eigenvalue weighted by Crippen LogP contribution is -2.10. The van der Waals surface area contributed by atoms with Gasteiger partial charge in [-0.15, -0.1) is 0 Å². The predicted octanol–water partition coefficient (Wildman–Crippen LogP) is 2.24. The molecule has 0 aromatic heterocycles. The first kappa shape index (κ1) is 9.69. The van der Waals surface area contributed by atoms with Crippen LogP contribution in [0.5, 0.6) is 0 Å². The molecule has 0 bridgehead atoms. The van der Waals surface area contributed by atoms with E-state index in [4.69, 9.17) is 0 Å². The van der Waals surface area contributed by atoms with E-state index in [9.17, 15) is 4.79 Å². The molecule has 1 atom stereocenters. The van der Waals surface area contributed by atoms with Crippen molar-refractivity contribution in [3.63, 3.8) is 0 Å². The minimum absolute atomic E-state index is 0.228. The SMILES string of the molecule is CCC=COC(=O)C(C)Br. The van der Waals surface area contributed by atoms with Crippen molar-refractivity contribution in [2.75, 3.05) is 0 Å². The molecule has 0 aromatic carbocycles. The molecule has 0 spiro atoms. The van der Waals surface area contributed by atoms with Crippen LogP contribution >= 0.6 is 15.9 Å². The number of alkyl halides is 1. The third-order valence-electron chi connectivity index (χ3n) is 0.841. The minimum atomic E-state index is -0.260. The van der Waals surface area contributed by atoms with E-state index in [1.807, 2.05) is 6.92 Å². The van der Waals surface area contributed by atoms with Gasteiger partial charge in [0.15, 0.2) is 0 Å². The van der Waals surface area contributed by atoms with Gasteiger partial charge in [0.2, 0.25) is 0 Å². The maximum atomic E-state index is 10.7. The van der Waals surface area contributed by atoms with E-state index in [0.717, 1.165) is 6.42 Å². The Labute approximate surface area is 69.4 Å². The molecule has 58 valence electrons. The second-order valence-electron chi connectivity index (χ2n) is 1.83. The highest BCUT2D eigenvalue weighted by Crippen LogP contribution is 1.99. The Balaban J connectivity index is 3.49. The summed E-state index contributed by atoms with van der Waals surface area (Å²) < 4.78 is 4.68. The first-order chi connectivity index (χ1) is 4.68. The van der Waals surface area contributed by atoms with Crippen molar-refractivity contribution in [3.05, 3.63) is 12.3 Å². The van der Waals surface area contributed by atoms with E-state index in [1.165, 1.54) is 6.26 Å². The fraction of sp³-hybridized carbons (Fsp3) is 0.571. The van der Waals surface area contributed by atoms with Gasteiger partial charge in [-0.05, 0) is 19.4 Å². The molecule has 0 fully saturated rings. The maximum absolute atomic E-state index is 10.7. The van der Waals surface area contributed by atoms with Crippen LogP contribution in [-0.2, 0) is 9.53 Å². The Bertz CT molecular complexity index is 130. The molecule has 0 aromatic rings. The molecule has 1 unspecified atom stereocenters. The average molecular weight is 207 g/mol. The van der Waals surface area contributed by atoms with Crippen molar-refractivity contribution in [2.45, 2.75) is 25.1 Å². The summed E-state index contributed by atoms with van der Waals surface area (Å²) in [5.74, 6) is -0.260. The van der Waals surface area contributed by atoms with Crippen molar-refractivity contribution in [1.82, 2.24) is 0 Å². The van der Waals surface area contributed by atoms with Crippen LogP contribution in [0.1, 0.15) is 20.3 Å². The minimum Gasteiger partial charge on any atom is -0.434 e. The van der Waals surface area contributed by atoms with E-state index < -0.39 is 0 Å². The van der Waals surface area contributed by atoms with E-state index in [0.29, 0.717) is 0 Å². The van der Waals surface area contributed by atoms with Crippen LogP contribution in [0.4, 0.5) is 0 Å². The Morgan fingerprint density at radius 1 is 1.80 bits per heavy atom. The molecule has 0 rings (SSSR count). The molecule has 0 saturated carbocycles. The summed E-state index contributed by atoms with van der Waals surface area (Å²) in [5, 5.41) is 0. The highest BCUT2D eigenvalue weighted by atomic mass is 79.9. The largest absolute Gasteiger partial charge is 0.434 e. The van der Waals surface area contributed by atoms with E-state index in [1.54, 1.807) is 13.0 Å². The Morgan fingerprint density at radius 3 is 2.80 bits per heavy atom. The lowest BCUT2D eigenvalue weighted by atomic mass is 10.5. The Kier molecular flexibility index (Phi) is 5.30. The van der Waals surface area contributed by atoms with Crippen molar-refractivity contribution >= 4 is 21.9 Å². The lowest BCUT2D eigenvalue weighted by molar-refractivity contribution is -0.136. The number of carbonyl (C=O) groups excluding carboxylic acids is 1. The van der Waals surface area contributed by atoms with Gasteiger partial charge < -0.3 is 4.74 Å². The van der Waals surface area contributed by atoms with Crippen LogP contribution in [-0.4, -0.2) is 10.8 Å². The van der Waals surface area contributed by atoms with Crippen LogP contribution in [0.3, 0.4) is 0 Å². The van der Waals surface area contributed by atoms with E-state index in [2.05, 4.69) is 20.7 Å². The van der Waals surface area contributed by atoms with Crippen molar-refractivity contribution < 1.29 is 9.53 Å². The van der Waals surface area contributed by atoms with Crippen LogP contribution in [0.25, 0.3) is 0 Å². The molecule has 0 aliphatic rings. The summed E-state index contributed by atoms with van der Waals surface area (Å²) in [6.07, 6.45) is 4.08. The number of hydrogen-bond acceptors (Lipinski definition) is 2.